The molecule has 84 valence electrons. The van der Waals surface area contributed by atoms with Crippen LogP contribution in [0.3, 0.4) is 0 Å². The van der Waals surface area contributed by atoms with Gasteiger partial charge in [-0.3, -0.25) is 0 Å². The number of fused-ring (bicyclic) bond motifs is 1. The Bertz CT molecular complexity index is 440. The number of benzene rings is 1. The van der Waals surface area contributed by atoms with E-state index in [9.17, 15) is 9.41 Å². The summed E-state index contributed by atoms with van der Waals surface area (Å²) < 4.78 is 19.1. The molecule has 0 aliphatic carbocycles. The third kappa shape index (κ3) is 1.72. The molecule has 0 atom stereocenters. The van der Waals surface area contributed by atoms with E-state index in [1.54, 1.807) is 13.1 Å². The lowest BCUT2D eigenvalue weighted by Gasteiger charge is -2.17. The lowest BCUT2D eigenvalue weighted by Crippen LogP contribution is -2.48. The monoisotopic (exact) mass is 240 g/mol. The van der Waals surface area contributed by atoms with Gasteiger partial charge in [-0.2, -0.15) is 0 Å². The van der Waals surface area contributed by atoms with Crippen LogP contribution in [0.15, 0.2) is 12.1 Å². The zero-order valence-corrected chi connectivity index (χ0v) is 9.94. The van der Waals surface area contributed by atoms with Crippen molar-refractivity contribution in [1.82, 2.24) is 0 Å². The van der Waals surface area contributed by atoms with Crippen LogP contribution in [0.5, 0.6) is 0 Å². The predicted octanol–water partition coefficient (Wildman–Crippen LogP) is -2.36. The number of hydrogen-bond acceptors (Lipinski definition) is 4. The van der Waals surface area contributed by atoms with Crippen molar-refractivity contribution in [3.8, 4) is 0 Å². The van der Waals surface area contributed by atoms with Crippen molar-refractivity contribution in [2.45, 2.75) is 13.1 Å². The van der Waals surface area contributed by atoms with E-state index in [4.69, 9.17) is 14.4 Å². The fraction of sp³-hybridized carbons (Fsp3) is 0.250. The van der Waals surface area contributed by atoms with Gasteiger partial charge in [0.1, 0.15) is 5.82 Å². The van der Waals surface area contributed by atoms with E-state index < -0.39 is 28.4 Å². The molecule has 8 heteroatoms. The maximum atomic E-state index is 13.8. The van der Waals surface area contributed by atoms with Crippen molar-refractivity contribution in [3.63, 3.8) is 0 Å². The fourth-order valence-electron chi connectivity index (χ4n) is 2.03. The SMILES string of the molecule is C[Si]1(C)OB(O)c2cc(B(O)O)cc(F)c21. The van der Waals surface area contributed by atoms with Crippen LogP contribution in [0.4, 0.5) is 4.39 Å². The summed E-state index contributed by atoms with van der Waals surface area (Å²) in [4.78, 5) is 0. The molecule has 0 fully saturated rings. The minimum Gasteiger partial charge on any atom is -0.446 e. The highest BCUT2D eigenvalue weighted by molar-refractivity contribution is 6.98. The van der Waals surface area contributed by atoms with Gasteiger partial charge < -0.3 is 19.4 Å². The summed E-state index contributed by atoms with van der Waals surface area (Å²) in [5.74, 6) is -0.547. The lowest BCUT2D eigenvalue weighted by atomic mass is 9.73. The standard InChI is InChI=1S/C8H11B2FO4Si/c1-16(2)8-6(10(14)15-16)3-5(9(12)13)4-7(8)11/h3-4,12-14H,1-2H3. The van der Waals surface area contributed by atoms with Gasteiger partial charge >= 0.3 is 14.2 Å². The highest BCUT2D eigenvalue weighted by atomic mass is 28.4. The van der Waals surface area contributed by atoms with Gasteiger partial charge in [-0.25, -0.2) is 4.39 Å². The number of rotatable bonds is 1. The summed E-state index contributed by atoms with van der Waals surface area (Å²) in [7, 11) is -5.34. The normalized spacial score (nSPS) is 17.5. The van der Waals surface area contributed by atoms with Gasteiger partial charge in [0, 0.05) is 5.19 Å². The van der Waals surface area contributed by atoms with Crippen molar-refractivity contribution >= 4 is 38.7 Å². The average Bonchev–Trinajstić information content (AvgIpc) is 2.37. The Morgan fingerprint density at radius 1 is 1.38 bits per heavy atom. The Labute approximate surface area is 94.1 Å². The third-order valence-electron chi connectivity index (χ3n) is 2.72. The lowest BCUT2D eigenvalue weighted by molar-refractivity contribution is 0.425. The van der Waals surface area contributed by atoms with E-state index in [0.717, 1.165) is 6.07 Å². The summed E-state index contributed by atoms with van der Waals surface area (Å²) >= 11 is 0. The molecule has 0 radical (unpaired) electrons. The van der Waals surface area contributed by atoms with Crippen molar-refractivity contribution in [2.24, 2.45) is 0 Å². The summed E-state index contributed by atoms with van der Waals surface area (Å²) in [5, 5.41) is 28.0. The van der Waals surface area contributed by atoms with E-state index in [0.29, 0.717) is 10.6 Å². The predicted molar refractivity (Wildman–Crippen MR) is 62.0 cm³/mol. The smallest absolute Gasteiger partial charge is 0.446 e. The third-order valence-corrected chi connectivity index (χ3v) is 5.26. The van der Waals surface area contributed by atoms with Crippen molar-refractivity contribution in [3.05, 3.63) is 17.9 Å². The quantitative estimate of drug-likeness (QED) is 0.480. The zero-order valence-electron chi connectivity index (χ0n) is 8.94. The van der Waals surface area contributed by atoms with Crippen LogP contribution in [-0.2, 0) is 4.34 Å². The first-order chi connectivity index (χ1) is 7.33. The van der Waals surface area contributed by atoms with E-state index in [2.05, 4.69) is 0 Å². The molecule has 3 N–H and O–H groups in total. The molecule has 0 unspecified atom stereocenters. The highest BCUT2D eigenvalue weighted by Crippen LogP contribution is 2.13. The second-order valence-corrected chi connectivity index (χ2v) is 8.08. The van der Waals surface area contributed by atoms with Gasteiger partial charge in [0.15, 0.2) is 0 Å². The molecule has 2 rings (SSSR count). The first-order valence-electron chi connectivity index (χ1n) is 4.89. The molecule has 4 nitrogen and oxygen atoms in total. The summed E-state index contributed by atoms with van der Waals surface area (Å²) in [6.07, 6.45) is 0. The van der Waals surface area contributed by atoms with E-state index in [1.165, 1.54) is 6.07 Å². The molecule has 16 heavy (non-hydrogen) atoms. The van der Waals surface area contributed by atoms with Gasteiger partial charge in [0.05, 0.1) is 0 Å². The molecular formula is C8H11B2FO4Si. The van der Waals surface area contributed by atoms with Gasteiger partial charge in [-0.1, -0.05) is 6.07 Å². The van der Waals surface area contributed by atoms with E-state index in [-0.39, 0.29) is 5.46 Å². The minimum atomic E-state index is -2.41. The minimum absolute atomic E-state index is 0.0191. The summed E-state index contributed by atoms with van der Waals surface area (Å²) in [5.41, 5.74) is 0.324. The van der Waals surface area contributed by atoms with Crippen LogP contribution in [0.25, 0.3) is 0 Å². The second kappa shape index (κ2) is 3.68. The van der Waals surface area contributed by atoms with Crippen LogP contribution in [-0.4, -0.2) is 37.6 Å². The van der Waals surface area contributed by atoms with Crippen molar-refractivity contribution in [2.75, 3.05) is 0 Å². The Balaban J connectivity index is 2.62. The average molecular weight is 240 g/mol. The maximum absolute atomic E-state index is 13.8. The van der Waals surface area contributed by atoms with Gasteiger partial charge in [-0.15, -0.1) is 0 Å². The molecule has 1 aliphatic rings. The molecule has 0 saturated carbocycles. The summed E-state index contributed by atoms with van der Waals surface area (Å²) in [6.45, 7) is 3.56. The van der Waals surface area contributed by atoms with Crippen molar-refractivity contribution < 1.29 is 23.8 Å². The van der Waals surface area contributed by atoms with Crippen LogP contribution in [0.2, 0.25) is 13.1 Å². The van der Waals surface area contributed by atoms with Gasteiger partial charge in [0.25, 0.3) is 0 Å². The Kier molecular flexibility index (Phi) is 2.71. The second-order valence-electron chi connectivity index (χ2n) is 4.32. The van der Waals surface area contributed by atoms with E-state index >= 15 is 0 Å². The van der Waals surface area contributed by atoms with Crippen LogP contribution < -0.4 is 16.1 Å². The molecule has 0 bridgehead atoms. The highest BCUT2D eigenvalue weighted by Gasteiger charge is 2.45. The first kappa shape index (κ1) is 11.8. The largest absolute Gasteiger partial charge is 0.488 e. The van der Waals surface area contributed by atoms with Gasteiger partial charge in [0.2, 0.25) is 8.32 Å². The Morgan fingerprint density at radius 2 is 2.00 bits per heavy atom. The first-order valence-corrected chi connectivity index (χ1v) is 7.79. The Hall–Kier alpha value is -0.663. The maximum Gasteiger partial charge on any atom is 0.488 e. The number of hydrogen-bond donors (Lipinski definition) is 3. The van der Waals surface area contributed by atoms with Crippen LogP contribution >= 0.6 is 0 Å². The summed E-state index contributed by atoms with van der Waals surface area (Å²) in [6, 6.07) is 2.44. The van der Waals surface area contributed by atoms with E-state index in [1.807, 2.05) is 0 Å². The molecular weight excluding hydrogens is 229 g/mol. The molecule has 0 aromatic heterocycles. The zero-order chi connectivity index (χ0) is 12.1. The van der Waals surface area contributed by atoms with Crippen LogP contribution in [0, 0.1) is 5.82 Å². The molecule has 0 amide bonds. The van der Waals surface area contributed by atoms with Crippen molar-refractivity contribution in [1.29, 1.82) is 0 Å². The molecule has 1 aromatic carbocycles. The fourth-order valence-corrected chi connectivity index (χ4v) is 4.37. The molecule has 1 aromatic rings. The van der Waals surface area contributed by atoms with Gasteiger partial charge in [-0.05, 0) is 30.1 Å². The van der Waals surface area contributed by atoms with Crippen LogP contribution in [0.1, 0.15) is 0 Å². The Morgan fingerprint density at radius 3 is 2.56 bits per heavy atom. The topological polar surface area (TPSA) is 69.9 Å². The number of halogens is 1. The molecule has 0 saturated heterocycles. The molecule has 0 spiro atoms. The molecule has 1 aliphatic heterocycles. The molecule has 1 heterocycles.